The number of methoxy groups -OCH3 is 1. The van der Waals surface area contributed by atoms with Gasteiger partial charge in [0, 0.05) is 6.04 Å². The van der Waals surface area contributed by atoms with Gasteiger partial charge < -0.3 is 10.1 Å². The van der Waals surface area contributed by atoms with Gasteiger partial charge in [-0.15, -0.1) is 0 Å². The normalized spacial score (nSPS) is 12.4. The third-order valence-corrected chi connectivity index (χ3v) is 2.79. The number of rotatable bonds is 7. The molecule has 0 amide bonds. The highest BCUT2D eigenvalue weighted by Gasteiger charge is 2.09. The summed E-state index contributed by atoms with van der Waals surface area (Å²) < 4.78 is 5.26. The van der Waals surface area contributed by atoms with Crippen LogP contribution in [0.1, 0.15) is 44.7 Å². The minimum atomic E-state index is 0.458. The molecule has 2 nitrogen and oxygen atoms in total. The smallest absolute Gasteiger partial charge is 0.119 e. The minimum Gasteiger partial charge on any atom is -0.497 e. The summed E-state index contributed by atoms with van der Waals surface area (Å²) in [5.41, 5.74) is 1.33. The van der Waals surface area contributed by atoms with Crippen molar-refractivity contribution in [2.45, 2.75) is 39.2 Å². The molecule has 1 unspecified atom stereocenters. The molecule has 1 atom stereocenters. The van der Waals surface area contributed by atoms with Crippen LogP contribution < -0.4 is 10.1 Å². The standard InChI is InChI=1S/C14H23NO/c1-4-6-10-14(15-5-2)12-8-7-9-13(11-12)16-3/h7-9,11,14-15H,4-6,10H2,1-3H3. The van der Waals surface area contributed by atoms with E-state index in [2.05, 4.69) is 37.4 Å². The zero-order chi connectivity index (χ0) is 11.8. The summed E-state index contributed by atoms with van der Waals surface area (Å²) in [4.78, 5) is 0. The molecule has 1 aromatic carbocycles. The monoisotopic (exact) mass is 221 g/mol. The van der Waals surface area contributed by atoms with Crippen LogP contribution in [-0.4, -0.2) is 13.7 Å². The van der Waals surface area contributed by atoms with Gasteiger partial charge >= 0.3 is 0 Å². The quantitative estimate of drug-likeness (QED) is 0.760. The van der Waals surface area contributed by atoms with E-state index in [0.29, 0.717) is 6.04 Å². The van der Waals surface area contributed by atoms with Crippen LogP contribution in [0.3, 0.4) is 0 Å². The zero-order valence-corrected chi connectivity index (χ0v) is 10.6. The van der Waals surface area contributed by atoms with Crippen LogP contribution >= 0.6 is 0 Å². The van der Waals surface area contributed by atoms with Crippen molar-refractivity contribution in [2.75, 3.05) is 13.7 Å². The summed E-state index contributed by atoms with van der Waals surface area (Å²) in [5, 5.41) is 3.53. The lowest BCUT2D eigenvalue weighted by Crippen LogP contribution is -2.20. The fourth-order valence-electron chi connectivity index (χ4n) is 1.90. The molecule has 0 aromatic heterocycles. The van der Waals surface area contributed by atoms with Gasteiger partial charge in [0.15, 0.2) is 0 Å². The average Bonchev–Trinajstić information content (AvgIpc) is 2.34. The van der Waals surface area contributed by atoms with Crippen molar-refractivity contribution in [3.8, 4) is 5.75 Å². The molecule has 0 aliphatic rings. The van der Waals surface area contributed by atoms with E-state index in [4.69, 9.17) is 4.74 Å². The predicted octanol–water partition coefficient (Wildman–Crippen LogP) is 3.54. The van der Waals surface area contributed by atoms with Crippen LogP contribution in [0, 0.1) is 0 Å². The summed E-state index contributed by atoms with van der Waals surface area (Å²) in [6.45, 7) is 5.39. The number of nitrogens with one attached hydrogen (secondary N) is 1. The molecular weight excluding hydrogens is 198 g/mol. The number of benzene rings is 1. The molecule has 2 heteroatoms. The molecule has 1 rings (SSSR count). The van der Waals surface area contributed by atoms with E-state index >= 15 is 0 Å². The molecule has 1 aromatic rings. The number of hydrogen-bond acceptors (Lipinski definition) is 2. The minimum absolute atomic E-state index is 0.458. The lowest BCUT2D eigenvalue weighted by molar-refractivity contribution is 0.412. The van der Waals surface area contributed by atoms with Gasteiger partial charge in [0.1, 0.15) is 5.75 Å². The van der Waals surface area contributed by atoms with Gasteiger partial charge in [-0.2, -0.15) is 0 Å². The highest BCUT2D eigenvalue weighted by molar-refractivity contribution is 5.30. The van der Waals surface area contributed by atoms with E-state index in [9.17, 15) is 0 Å². The van der Waals surface area contributed by atoms with Gasteiger partial charge in [0.05, 0.1) is 7.11 Å². The fourth-order valence-corrected chi connectivity index (χ4v) is 1.90. The lowest BCUT2D eigenvalue weighted by Gasteiger charge is -2.18. The molecule has 1 N–H and O–H groups in total. The van der Waals surface area contributed by atoms with Crippen molar-refractivity contribution in [2.24, 2.45) is 0 Å². The summed E-state index contributed by atoms with van der Waals surface area (Å²) in [6, 6.07) is 8.81. The van der Waals surface area contributed by atoms with Crippen LogP contribution in [-0.2, 0) is 0 Å². The topological polar surface area (TPSA) is 21.3 Å². The van der Waals surface area contributed by atoms with Crippen molar-refractivity contribution in [3.63, 3.8) is 0 Å². The van der Waals surface area contributed by atoms with E-state index in [1.807, 2.05) is 6.07 Å². The Balaban J connectivity index is 2.73. The van der Waals surface area contributed by atoms with E-state index < -0.39 is 0 Å². The number of hydrogen-bond donors (Lipinski definition) is 1. The number of unbranched alkanes of at least 4 members (excludes halogenated alkanes) is 1. The first-order valence-electron chi connectivity index (χ1n) is 6.19. The maximum absolute atomic E-state index is 5.26. The Labute approximate surface area is 99.0 Å². The highest BCUT2D eigenvalue weighted by Crippen LogP contribution is 2.23. The van der Waals surface area contributed by atoms with Crippen molar-refractivity contribution in [3.05, 3.63) is 29.8 Å². The van der Waals surface area contributed by atoms with Gasteiger partial charge in [-0.3, -0.25) is 0 Å². The van der Waals surface area contributed by atoms with Crippen molar-refractivity contribution >= 4 is 0 Å². The second-order valence-corrected chi connectivity index (χ2v) is 4.03. The molecule has 16 heavy (non-hydrogen) atoms. The van der Waals surface area contributed by atoms with Crippen molar-refractivity contribution in [1.29, 1.82) is 0 Å². The second-order valence-electron chi connectivity index (χ2n) is 4.03. The van der Waals surface area contributed by atoms with Crippen LogP contribution in [0.15, 0.2) is 24.3 Å². The van der Waals surface area contributed by atoms with Gasteiger partial charge in [-0.25, -0.2) is 0 Å². The Bertz CT molecular complexity index is 299. The zero-order valence-electron chi connectivity index (χ0n) is 10.6. The number of ether oxygens (including phenoxy) is 1. The Kier molecular flexibility index (Phi) is 5.94. The lowest BCUT2D eigenvalue weighted by atomic mass is 10.0. The summed E-state index contributed by atoms with van der Waals surface area (Å²) >= 11 is 0. The summed E-state index contributed by atoms with van der Waals surface area (Å²) in [6.07, 6.45) is 3.69. The first-order valence-corrected chi connectivity index (χ1v) is 6.19. The highest BCUT2D eigenvalue weighted by atomic mass is 16.5. The van der Waals surface area contributed by atoms with Crippen LogP contribution in [0.2, 0.25) is 0 Å². The average molecular weight is 221 g/mol. The molecule has 90 valence electrons. The molecule has 0 aliphatic carbocycles. The van der Waals surface area contributed by atoms with Crippen LogP contribution in [0.4, 0.5) is 0 Å². The molecule has 0 saturated heterocycles. The van der Waals surface area contributed by atoms with Gasteiger partial charge in [-0.05, 0) is 30.7 Å². The van der Waals surface area contributed by atoms with Crippen molar-refractivity contribution in [1.82, 2.24) is 5.32 Å². The molecule has 0 spiro atoms. The van der Waals surface area contributed by atoms with E-state index in [0.717, 1.165) is 12.3 Å². The van der Waals surface area contributed by atoms with Gasteiger partial charge in [0.25, 0.3) is 0 Å². The molecule has 0 fully saturated rings. The molecular formula is C14H23NO. The Morgan fingerprint density at radius 2 is 2.12 bits per heavy atom. The predicted molar refractivity (Wildman–Crippen MR) is 68.9 cm³/mol. The van der Waals surface area contributed by atoms with Crippen LogP contribution in [0.5, 0.6) is 5.75 Å². The fraction of sp³-hybridized carbons (Fsp3) is 0.571. The van der Waals surface area contributed by atoms with Gasteiger partial charge in [-0.1, -0.05) is 38.8 Å². The Morgan fingerprint density at radius 3 is 2.75 bits per heavy atom. The maximum atomic E-state index is 5.26. The summed E-state index contributed by atoms with van der Waals surface area (Å²) in [5.74, 6) is 0.942. The van der Waals surface area contributed by atoms with E-state index in [-0.39, 0.29) is 0 Å². The van der Waals surface area contributed by atoms with Crippen LogP contribution in [0.25, 0.3) is 0 Å². The third-order valence-electron chi connectivity index (χ3n) is 2.79. The maximum Gasteiger partial charge on any atom is 0.119 e. The molecule has 0 saturated carbocycles. The van der Waals surface area contributed by atoms with Crippen molar-refractivity contribution < 1.29 is 4.74 Å². The largest absolute Gasteiger partial charge is 0.497 e. The SMILES string of the molecule is CCCCC(NCC)c1cccc(OC)c1. The van der Waals surface area contributed by atoms with E-state index in [1.54, 1.807) is 7.11 Å². The Hall–Kier alpha value is -1.02. The third kappa shape index (κ3) is 3.86. The summed E-state index contributed by atoms with van der Waals surface area (Å²) in [7, 11) is 1.72. The molecule has 0 radical (unpaired) electrons. The van der Waals surface area contributed by atoms with Gasteiger partial charge in [0.2, 0.25) is 0 Å². The molecule has 0 heterocycles. The first kappa shape index (κ1) is 13.0. The first-order chi connectivity index (χ1) is 7.81. The Morgan fingerprint density at radius 1 is 1.31 bits per heavy atom. The molecule has 0 bridgehead atoms. The van der Waals surface area contributed by atoms with E-state index in [1.165, 1.54) is 24.8 Å². The second kappa shape index (κ2) is 7.29. The molecule has 0 aliphatic heterocycles.